The van der Waals surface area contributed by atoms with Gasteiger partial charge >= 0.3 is 0 Å². The topological polar surface area (TPSA) is 69.7 Å². The molecule has 0 radical (unpaired) electrons. The maximum Gasteiger partial charge on any atom is 0.262 e. The van der Waals surface area contributed by atoms with Crippen LogP contribution in [0.2, 0.25) is 0 Å². The highest BCUT2D eigenvalue weighted by Gasteiger charge is 2.17. The van der Waals surface area contributed by atoms with E-state index in [9.17, 15) is 4.79 Å². The predicted molar refractivity (Wildman–Crippen MR) is 100 cm³/mol. The molecule has 1 N–H and O–H groups in total. The van der Waals surface area contributed by atoms with Crippen LogP contribution in [0.3, 0.4) is 0 Å². The van der Waals surface area contributed by atoms with Gasteiger partial charge in [0, 0.05) is 16.5 Å². The Labute approximate surface area is 154 Å². The van der Waals surface area contributed by atoms with Crippen molar-refractivity contribution in [3.8, 4) is 39.1 Å². The Morgan fingerprint density at radius 1 is 1.08 bits per heavy atom. The summed E-state index contributed by atoms with van der Waals surface area (Å²) >= 11 is 1.54. The fourth-order valence-electron chi connectivity index (χ4n) is 2.75. The zero-order valence-electron chi connectivity index (χ0n) is 14.2. The van der Waals surface area contributed by atoms with E-state index in [1.54, 1.807) is 25.6 Å². The van der Waals surface area contributed by atoms with Gasteiger partial charge in [-0.15, -0.1) is 11.3 Å². The Morgan fingerprint density at radius 2 is 1.88 bits per heavy atom. The number of carbonyl (C=O) groups is 1. The van der Waals surface area contributed by atoms with Crippen LogP contribution < -0.4 is 19.5 Å². The second kappa shape index (κ2) is 6.68. The molecular formula is C19H16N2O4S. The van der Waals surface area contributed by atoms with Crippen LogP contribution in [0.1, 0.15) is 0 Å². The Balaban J connectivity index is 1.66. The summed E-state index contributed by atoms with van der Waals surface area (Å²) in [6.07, 6.45) is 0. The third-order valence-corrected chi connectivity index (χ3v) is 4.93. The Bertz CT molecular complexity index is 983. The normalized spacial score (nSPS) is 12.8. The summed E-state index contributed by atoms with van der Waals surface area (Å²) in [5.74, 6) is 1.86. The van der Waals surface area contributed by atoms with Crippen LogP contribution >= 0.6 is 11.3 Å². The lowest BCUT2D eigenvalue weighted by molar-refractivity contribution is -0.118. The molecule has 3 aromatic rings. The number of fused-ring (bicyclic) bond motifs is 1. The van der Waals surface area contributed by atoms with Gasteiger partial charge in [-0.2, -0.15) is 0 Å². The monoisotopic (exact) mass is 368 g/mol. The summed E-state index contributed by atoms with van der Waals surface area (Å²) in [6, 6.07) is 11.4. The molecule has 2 aromatic carbocycles. The van der Waals surface area contributed by atoms with Crippen molar-refractivity contribution in [3.05, 3.63) is 41.8 Å². The number of aromatic nitrogens is 1. The second-order valence-corrected chi connectivity index (χ2v) is 6.51. The van der Waals surface area contributed by atoms with Crippen molar-refractivity contribution in [3.63, 3.8) is 0 Å². The highest BCUT2D eigenvalue weighted by atomic mass is 32.1. The maximum absolute atomic E-state index is 11.5. The van der Waals surface area contributed by atoms with E-state index in [1.165, 1.54) is 0 Å². The highest BCUT2D eigenvalue weighted by Crippen LogP contribution is 2.37. The molecule has 7 heteroatoms. The molecule has 1 aliphatic rings. The number of ether oxygens (including phenoxy) is 3. The van der Waals surface area contributed by atoms with Crippen molar-refractivity contribution >= 4 is 22.9 Å². The third-order valence-electron chi connectivity index (χ3n) is 4.04. The smallest absolute Gasteiger partial charge is 0.262 e. The first-order chi connectivity index (χ1) is 12.7. The lowest BCUT2D eigenvalue weighted by Gasteiger charge is -2.18. The fraction of sp³-hybridized carbons (Fsp3) is 0.158. The van der Waals surface area contributed by atoms with E-state index in [2.05, 4.69) is 5.32 Å². The number of nitrogens with zero attached hydrogens (tertiary/aromatic N) is 1. The van der Waals surface area contributed by atoms with Gasteiger partial charge in [0.2, 0.25) is 0 Å². The van der Waals surface area contributed by atoms with Crippen LogP contribution in [0, 0.1) is 0 Å². The van der Waals surface area contributed by atoms with Crippen molar-refractivity contribution in [2.45, 2.75) is 0 Å². The van der Waals surface area contributed by atoms with Crippen molar-refractivity contribution in [2.75, 3.05) is 26.1 Å². The number of rotatable bonds is 4. The molecule has 0 saturated heterocycles. The number of hydrogen-bond acceptors (Lipinski definition) is 6. The van der Waals surface area contributed by atoms with Gasteiger partial charge in [0.15, 0.2) is 18.1 Å². The van der Waals surface area contributed by atoms with Gasteiger partial charge < -0.3 is 19.5 Å². The number of methoxy groups -OCH3 is 2. The number of thiazole rings is 1. The van der Waals surface area contributed by atoms with Crippen LogP contribution in [-0.2, 0) is 4.79 Å². The van der Waals surface area contributed by atoms with Gasteiger partial charge in [0.25, 0.3) is 5.91 Å². The molecule has 4 rings (SSSR count). The summed E-state index contributed by atoms with van der Waals surface area (Å²) in [4.78, 5) is 16.2. The van der Waals surface area contributed by atoms with Gasteiger partial charge in [0.05, 0.1) is 25.6 Å². The van der Waals surface area contributed by atoms with Crippen molar-refractivity contribution in [1.29, 1.82) is 0 Å². The molecule has 1 aliphatic heterocycles. The number of hydrogen-bond donors (Lipinski definition) is 1. The van der Waals surface area contributed by atoms with Crippen molar-refractivity contribution in [1.82, 2.24) is 4.98 Å². The summed E-state index contributed by atoms with van der Waals surface area (Å²) in [5, 5.41) is 5.68. The van der Waals surface area contributed by atoms with E-state index in [1.807, 2.05) is 41.8 Å². The summed E-state index contributed by atoms with van der Waals surface area (Å²) < 4.78 is 16.0. The molecule has 26 heavy (non-hydrogen) atoms. The SMILES string of the molecule is COc1ccc(-c2nc(-c3ccc4c(c3)NC(=O)CO4)cs2)cc1OC. The summed E-state index contributed by atoms with van der Waals surface area (Å²) in [7, 11) is 3.22. The number of anilines is 1. The predicted octanol–water partition coefficient (Wildman–Crippen LogP) is 3.83. The third kappa shape index (κ3) is 2.97. The van der Waals surface area contributed by atoms with Crippen molar-refractivity contribution in [2.24, 2.45) is 0 Å². The molecule has 6 nitrogen and oxygen atoms in total. The minimum absolute atomic E-state index is 0.0481. The van der Waals surface area contributed by atoms with Gasteiger partial charge in [-0.3, -0.25) is 4.79 Å². The largest absolute Gasteiger partial charge is 0.493 e. The molecule has 0 saturated carbocycles. The first-order valence-electron chi connectivity index (χ1n) is 7.93. The van der Waals surface area contributed by atoms with E-state index in [-0.39, 0.29) is 12.5 Å². The number of amides is 1. The number of carbonyl (C=O) groups excluding carboxylic acids is 1. The molecule has 0 fully saturated rings. The maximum atomic E-state index is 11.5. The minimum Gasteiger partial charge on any atom is -0.493 e. The van der Waals surface area contributed by atoms with Gasteiger partial charge in [-0.25, -0.2) is 4.98 Å². The highest BCUT2D eigenvalue weighted by molar-refractivity contribution is 7.13. The lowest BCUT2D eigenvalue weighted by atomic mass is 10.1. The first kappa shape index (κ1) is 16.4. The quantitative estimate of drug-likeness (QED) is 0.758. The van der Waals surface area contributed by atoms with Gasteiger partial charge in [-0.05, 0) is 36.4 Å². The first-order valence-corrected chi connectivity index (χ1v) is 8.81. The average Bonchev–Trinajstić information content (AvgIpc) is 3.17. The molecule has 0 spiro atoms. The molecule has 132 valence electrons. The summed E-state index contributed by atoms with van der Waals surface area (Å²) in [5.41, 5.74) is 3.37. The number of nitrogens with one attached hydrogen (secondary N) is 1. The average molecular weight is 368 g/mol. The van der Waals surface area contributed by atoms with Crippen LogP contribution in [0.4, 0.5) is 5.69 Å². The Morgan fingerprint density at radius 3 is 2.69 bits per heavy atom. The van der Waals surface area contributed by atoms with E-state index >= 15 is 0 Å². The standard InChI is InChI=1S/C19H16N2O4S/c1-23-16-6-4-12(8-17(16)24-2)19-21-14(10-26-19)11-3-5-15-13(7-11)20-18(22)9-25-15/h3-8,10H,9H2,1-2H3,(H,20,22). The Hall–Kier alpha value is -3.06. The summed E-state index contributed by atoms with van der Waals surface area (Å²) in [6.45, 7) is 0.0481. The van der Waals surface area contributed by atoms with Crippen LogP contribution in [0.25, 0.3) is 21.8 Å². The van der Waals surface area contributed by atoms with E-state index < -0.39 is 0 Å². The Kier molecular flexibility index (Phi) is 4.22. The van der Waals surface area contributed by atoms with Crippen LogP contribution in [0.5, 0.6) is 17.2 Å². The molecule has 1 aromatic heterocycles. The molecule has 2 heterocycles. The van der Waals surface area contributed by atoms with Gasteiger partial charge in [-0.1, -0.05) is 0 Å². The zero-order valence-corrected chi connectivity index (χ0v) is 15.1. The fourth-order valence-corrected chi connectivity index (χ4v) is 3.58. The zero-order chi connectivity index (χ0) is 18.1. The van der Waals surface area contributed by atoms with Crippen LogP contribution in [-0.4, -0.2) is 31.7 Å². The molecule has 0 atom stereocenters. The molecule has 0 unspecified atom stereocenters. The second-order valence-electron chi connectivity index (χ2n) is 5.66. The van der Waals surface area contributed by atoms with Gasteiger partial charge in [0.1, 0.15) is 10.8 Å². The van der Waals surface area contributed by atoms with Crippen LogP contribution in [0.15, 0.2) is 41.8 Å². The van der Waals surface area contributed by atoms with E-state index in [0.717, 1.165) is 21.8 Å². The molecule has 0 aliphatic carbocycles. The molecule has 0 bridgehead atoms. The number of benzene rings is 2. The molecular weight excluding hydrogens is 352 g/mol. The minimum atomic E-state index is -0.154. The molecule has 1 amide bonds. The van der Waals surface area contributed by atoms with Crippen molar-refractivity contribution < 1.29 is 19.0 Å². The van der Waals surface area contributed by atoms with E-state index in [4.69, 9.17) is 19.2 Å². The lowest BCUT2D eigenvalue weighted by Crippen LogP contribution is -2.25. The van der Waals surface area contributed by atoms with E-state index in [0.29, 0.717) is 22.9 Å².